The van der Waals surface area contributed by atoms with Gasteiger partial charge < -0.3 is 9.66 Å². The van der Waals surface area contributed by atoms with Gasteiger partial charge in [-0.3, -0.25) is 0 Å². The van der Waals surface area contributed by atoms with Crippen molar-refractivity contribution in [2.75, 3.05) is 5.75 Å². The second-order valence-electron chi connectivity index (χ2n) is 6.38. The first-order valence-electron chi connectivity index (χ1n) is 9.07. The summed E-state index contributed by atoms with van der Waals surface area (Å²) in [5.74, 6) is -0.219. The second-order valence-corrected chi connectivity index (χ2v) is 7.91. The van der Waals surface area contributed by atoms with E-state index in [1.807, 2.05) is 0 Å². The maximum absolute atomic E-state index is 10.4. The van der Waals surface area contributed by atoms with E-state index in [2.05, 4.69) is 6.92 Å². The number of rotatable bonds is 16. The molecule has 0 aromatic rings. The van der Waals surface area contributed by atoms with Crippen LogP contribution in [0, 0.1) is 0 Å². The minimum absolute atomic E-state index is 0. The van der Waals surface area contributed by atoms with Gasteiger partial charge in [0, 0.05) is 5.75 Å². The molecule has 134 valence electrons. The Balaban J connectivity index is 0. The van der Waals surface area contributed by atoms with Crippen LogP contribution in [-0.4, -0.2) is 29.9 Å². The fraction of sp³-hybridized carbons (Fsp3) is 1.00. The van der Waals surface area contributed by atoms with Crippen molar-refractivity contribution >= 4 is 10.1 Å². The van der Waals surface area contributed by atoms with Crippen LogP contribution in [0.15, 0.2) is 0 Å². The van der Waals surface area contributed by atoms with Crippen LogP contribution in [0.2, 0.25) is 0 Å². The minimum Gasteiger partial charge on any atom is -0.748 e. The molecule has 0 saturated carbocycles. The Hall–Kier alpha value is 1.51. The first-order valence-corrected chi connectivity index (χ1v) is 10.6. The summed E-state index contributed by atoms with van der Waals surface area (Å²) in [6.45, 7) is 2.20. The summed E-state index contributed by atoms with van der Waals surface area (Å²) in [5, 5.41) is 9.84. The molecular weight excluding hydrogens is 339 g/mol. The van der Waals surface area contributed by atoms with Crippen molar-refractivity contribution in [3.05, 3.63) is 0 Å². The van der Waals surface area contributed by atoms with Crippen molar-refractivity contribution in [3.63, 3.8) is 0 Å². The van der Waals surface area contributed by atoms with Crippen LogP contribution in [0.1, 0.15) is 96.8 Å². The molecule has 0 aliphatic heterocycles. The van der Waals surface area contributed by atoms with E-state index in [-0.39, 0.29) is 63.2 Å². The third-order valence-electron chi connectivity index (χ3n) is 4.07. The Morgan fingerprint density at radius 3 is 1.61 bits per heavy atom. The molecular formula is C17H35KO4S. The number of aliphatic hydroxyl groups is 1. The summed E-state index contributed by atoms with van der Waals surface area (Å²) in [5.41, 5.74) is 0. The van der Waals surface area contributed by atoms with Crippen molar-refractivity contribution in [2.24, 2.45) is 0 Å². The largest absolute Gasteiger partial charge is 1.00 e. The predicted octanol–water partition coefficient (Wildman–Crippen LogP) is 1.38. The summed E-state index contributed by atoms with van der Waals surface area (Å²) in [6, 6.07) is 0. The molecule has 0 saturated heterocycles. The molecule has 0 aliphatic carbocycles. The van der Waals surface area contributed by atoms with Gasteiger partial charge in [-0.15, -0.1) is 0 Å². The SMILES string of the molecule is CCCCCCC(O)CCCCCCCCCCS(=O)(=O)[O-].[K+]. The van der Waals surface area contributed by atoms with Gasteiger partial charge in [-0.25, -0.2) is 8.42 Å². The van der Waals surface area contributed by atoms with Crippen LogP contribution in [0.4, 0.5) is 0 Å². The molecule has 1 unspecified atom stereocenters. The minimum atomic E-state index is -4.02. The smallest absolute Gasteiger partial charge is 0.748 e. The quantitative estimate of drug-likeness (QED) is 0.251. The number of hydrogen-bond acceptors (Lipinski definition) is 4. The zero-order valence-corrected chi connectivity index (χ0v) is 19.2. The Morgan fingerprint density at radius 2 is 1.17 bits per heavy atom. The van der Waals surface area contributed by atoms with E-state index in [0.717, 1.165) is 51.4 Å². The van der Waals surface area contributed by atoms with E-state index in [4.69, 9.17) is 0 Å². The van der Waals surface area contributed by atoms with Gasteiger partial charge in [-0.2, -0.15) is 0 Å². The van der Waals surface area contributed by atoms with Crippen LogP contribution in [0.5, 0.6) is 0 Å². The molecule has 0 heterocycles. The van der Waals surface area contributed by atoms with Gasteiger partial charge in [0.2, 0.25) is 0 Å². The molecule has 1 atom stereocenters. The number of hydrogen-bond donors (Lipinski definition) is 1. The third kappa shape index (κ3) is 23.5. The van der Waals surface area contributed by atoms with E-state index in [9.17, 15) is 18.1 Å². The van der Waals surface area contributed by atoms with Gasteiger partial charge in [0.25, 0.3) is 0 Å². The van der Waals surface area contributed by atoms with Crippen molar-refractivity contribution < 1.29 is 69.5 Å². The first-order chi connectivity index (χ1) is 10.5. The summed E-state index contributed by atoms with van der Waals surface area (Å²) in [7, 11) is -4.02. The Labute approximate surface area is 186 Å². The van der Waals surface area contributed by atoms with Crippen LogP contribution < -0.4 is 51.4 Å². The van der Waals surface area contributed by atoms with Crippen LogP contribution in [0.25, 0.3) is 0 Å². The molecule has 0 bridgehead atoms. The summed E-state index contributed by atoms with van der Waals surface area (Å²) in [4.78, 5) is 0. The molecule has 4 nitrogen and oxygen atoms in total. The van der Waals surface area contributed by atoms with Crippen molar-refractivity contribution in [3.8, 4) is 0 Å². The van der Waals surface area contributed by atoms with Crippen LogP contribution >= 0.6 is 0 Å². The van der Waals surface area contributed by atoms with Gasteiger partial charge in [-0.1, -0.05) is 77.6 Å². The molecule has 6 heteroatoms. The molecule has 0 amide bonds. The predicted molar refractivity (Wildman–Crippen MR) is 90.9 cm³/mol. The van der Waals surface area contributed by atoms with Crippen molar-refractivity contribution in [2.45, 2.75) is 103 Å². The molecule has 0 aliphatic rings. The third-order valence-corrected chi connectivity index (χ3v) is 4.86. The standard InChI is InChI=1S/C17H36O4S.K/c1-2-3-4-11-14-17(18)15-12-9-7-5-6-8-10-13-16-22(19,20)21;/h17-18H,2-16H2,1H3,(H,19,20,21);/q;+1/p-1. The fourth-order valence-electron chi connectivity index (χ4n) is 2.67. The van der Waals surface area contributed by atoms with Crippen molar-refractivity contribution in [1.29, 1.82) is 0 Å². The first kappa shape index (κ1) is 26.7. The molecule has 0 radical (unpaired) electrons. The molecule has 0 fully saturated rings. The normalized spacial score (nSPS) is 12.8. The molecule has 0 rings (SSSR count). The van der Waals surface area contributed by atoms with Gasteiger partial charge >= 0.3 is 51.4 Å². The Bertz CT molecular complexity index is 333. The van der Waals surface area contributed by atoms with E-state index < -0.39 is 10.1 Å². The average molecular weight is 375 g/mol. The van der Waals surface area contributed by atoms with E-state index in [1.54, 1.807) is 0 Å². The fourth-order valence-corrected chi connectivity index (χ4v) is 3.23. The zero-order valence-electron chi connectivity index (χ0n) is 15.3. The molecule has 0 aromatic carbocycles. The van der Waals surface area contributed by atoms with Gasteiger partial charge in [0.1, 0.15) is 0 Å². The van der Waals surface area contributed by atoms with Gasteiger partial charge in [-0.05, 0) is 19.3 Å². The molecule has 0 spiro atoms. The van der Waals surface area contributed by atoms with E-state index in [1.165, 1.54) is 32.1 Å². The van der Waals surface area contributed by atoms with E-state index >= 15 is 0 Å². The van der Waals surface area contributed by atoms with Gasteiger partial charge in [0.05, 0.1) is 16.2 Å². The maximum atomic E-state index is 10.4. The number of unbranched alkanes of at least 4 members (excludes halogenated alkanes) is 10. The van der Waals surface area contributed by atoms with Crippen LogP contribution in [-0.2, 0) is 10.1 Å². The second kappa shape index (κ2) is 18.3. The maximum Gasteiger partial charge on any atom is 1.00 e. The summed E-state index contributed by atoms with van der Waals surface area (Å²) >= 11 is 0. The van der Waals surface area contributed by atoms with Crippen molar-refractivity contribution in [1.82, 2.24) is 0 Å². The van der Waals surface area contributed by atoms with Gasteiger partial charge in [0.15, 0.2) is 0 Å². The van der Waals surface area contributed by atoms with E-state index in [0.29, 0.717) is 6.42 Å². The Morgan fingerprint density at radius 1 is 0.783 bits per heavy atom. The molecule has 0 aromatic heterocycles. The van der Waals surface area contributed by atoms with Crippen LogP contribution in [0.3, 0.4) is 0 Å². The monoisotopic (exact) mass is 374 g/mol. The Kier molecular flexibility index (Phi) is 21.3. The zero-order chi connectivity index (χ0) is 16.7. The average Bonchev–Trinajstić information content (AvgIpc) is 2.44. The molecule has 23 heavy (non-hydrogen) atoms. The summed E-state index contributed by atoms with van der Waals surface area (Å²) < 4.78 is 31.2. The summed E-state index contributed by atoms with van der Waals surface area (Å²) in [6.07, 6.45) is 14.7. The number of aliphatic hydroxyl groups excluding tert-OH is 1. The molecule has 1 N–H and O–H groups in total. The topological polar surface area (TPSA) is 77.4 Å².